The Morgan fingerprint density at radius 2 is 2.08 bits per heavy atom. The number of rotatable bonds is 3. The van der Waals surface area contributed by atoms with E-state index in [0.29, 0.717) is 29.6 Å². The van der Waals surface area contributed by atoms with E-state index in [1.807, 2.05) is 4.90 Å². The Hall–Kier alpha value is -1.73. The number of aromatic amines is 1. The normalized spacial score (nSPS) is 31.7. The molecule has 0 saturated carbocycles. The van der Waals surface area contributed by atoms with E-state index in [0.717, 1.165) is 19.6 Å². The van der Waals surface area contributed by atoms with Crippen LogP contribution in [0.5, 0.6) is 0 Å². The van der Waals surface area contributed by atoms with Gasteiger partial charge in [-0.05, 0) is 51.7 Å². The zero-order valence-electron chi connectivity index (χ0n) is 15.7. The number of hydrogen-bond donors (Lipinski definition) is 1. The number of nitrogens with zero attached hydrogens (tertiary/aromatic N) is 4. The van der Waals surface area contributed by atoms with Crippen molar-refractivity contribution in [3.8, 4) is 0 Å². The highest BCUT2D eigenvalue weighted by atomic mass is 16.2. The molecule has 0 spiro atoms. The summed E-state index contributed by atoms with van der Waals surface area (Å²) in [5.74, 6) is 0.954. The molecule has 3 saturated heterocycles. The third-order valence-corrected chi connectivity index (χ3v) is 6.34. The number of carbonyl (C=O) groups is 1. The number of carbonyl (C=O) groups excluding carboxylic acids is 1. The van der Waals surface area contributed by atoms with E-state index in [2.05, 4.69) is 33.9 Å². The van der Waals surface area contributed by atoms with Gasteiger partial charge in [-0.15, -0.1) is 0 Å². The molecule has 1 aromatic rings. The minimum Gasteiger partial charge on any atom is -0.337 e. The van der Waals surface area contributed by atoms with Crippen LogP contribution in [0.3, 0.4) is 0 Å². The Kier molecular flexibility index (Phi) is 4.84. The summed E-state index contributed by atoms with van der Waals surface area (Å²) in [5, 5.41) is 0. The molecule has 3 aliphatic heterocycles. The largest absolute Gasteiger partial charge is 0.337 e. The molecular formula is C19H29N5O2. The standard InChI is InChI=1S/C19H29N5O2/c1-22(2)12-17-14-7-13(16-5-3-4-6-24(16)17)10-23(11-14)19(26)15-8-20-9-18(25)21-15/h8-9,13-14,16-17H,3-7,10-12H2,1-2H3,(H,21,25)/t13-,14+,16+,17+/m1/s1. The van der Waals surface area contributed by atoms with Gasteiger partial charge in [-0.3, -0.25) is 19.5 Å². The van der Waals surface area contributed by atoms with E-state index in [4.69, 9.17) is 0 Å². The summed E-state index contributed by atoms with van der Waals surface area (Å²) in [7, 11) is 4.27. The first-order valence-electron chi connectivity index (χ1n) is 9.77. The molecule has 2 bridgehead atoms. The van der Waals surface area contributed by atoms with Gasteiger partial charge in [-0.25, -0.2) is 0 Å². The average Bonchev–Trinajstić information content (AvgIpc) is 2.64. The van der Waals surface area contributed by atoms with Crippen LogP contribution in [-0.4, -0.2) is 82.9 Å². The van der Waals surface area contributed by atoms with Crippen molar-refractivity contribution in [3.05, 3.63) is 28.4 Å². The molecule has 3 aliphatic rings. The maximum absolute atomic E-state index is 13.0. The fraction of sp³-hybridized carbons (Fsp3) is 0.737. The lowest BCUT2D eigenvalue weighted by Crippen LogP contribution is -2.65. The number of likely N-dealkylation sites (N-methyl/N-ethyl adjacent to an activating group) is 1. The average molecular weight is 359 g/mol. The monoisotopic (exact) mass is 359 g/mol. The maximum atomic E-state index is 13.0. The fourth-order valence-corrected chi connectivity index (χ4v) is 5.35. The second-order valence-corrected chi connectivity index (χ2v) is 8.41. The predicted octanol–water partition coefficient (Wildman–Crippen LogP) is 0.647. The molecule has 1 amide bonds. The van der Waals surface area contributed by atoms with Gasteiger partial charge in [0.2, 0.25) is 0 Å². The van der Waals surface area contributed by atoms with E-state index in [9.17, 15) is 9.59 Å². The first-order chi connectivity index (χ1) is 12.5. The number of piperidine rings is 3. The summed E-state index contributed by atoms with van der Waals surface area (Å²) >= 11 is 0. The smallest absolute Gasteiger partial charge is 0.271 e. The zero-order chi connectivity index (χ0) is 18.3. The van der Waals surface area contributed by atoms with Gasteiger partial charge in [0.25, 0.3) is 11.5 Å². The van der Waals surface area contributed by atoms with Crippen molar-refractivity contribution >= 4 is 5.91 Å². The molecule has 0 radical (unpaired) electrons. The van der Waals surface area contributed by atoms with Crippen molar-refractivity contribution in [1.29, 1.82) is 0 Å². The Morgan fingerprint density at radius 1 is 1.27 bits per heavy atom. The predicted molar refractivity (Wildman–Crippen MR) is 99.0 cm³/mol. The third kappa shape index (κ3) is 3.30. The second-order valence-electron chi connectivity index (χ2n) is 8.41. The number of fused-ring (bicyclic) bond motifs is 4. The van der Waals surface area contributed by atoms with Crippen molar-refractivity contribution in [3.63, 3.8) is 0 Å². The lowest BCUT2D eigenvalue weighted by molar-refractivity contribution is -0.0703. The summed E-state index contributed by atoms with van der Waals surface area (Å²) in [5.41, 5.74) is -0.0147. The third-order valence-electron chi connectivity index (χ3n) is 6.34. The number of amides is 1. The van der Waals surface area contributed by atoms with Crippen LogP contribution in [-0.2, 0) is 0 Å². The number of nitrogens with one attached hydrogen (secondary N) is 1. The minimum absolute atomic E-state index is 0.0854. The molecular weight excluding hydrogens is 330 g/mol. The lowest BCUT2D eigenvalue weighted by Gasteiger charge is -2.57. The van der Waals surface area contributed by atoms with E-state index in [1.165, 1.54) is 44.6 Å². The van der Waals surface area contributed by atoms with Crippen molar-refractivity contribution in [2.45, 2.75) is 37.8 Å². The number of H-pyrrole nitrogens is 1. The first kappa shape index (κ1) is 17.7. The van der Waals surface area contributed by atoms with Crippen molar-refractivity contribution in [2.24, 2.45) is 11.8 Å². The van der Waals surface area contributed by atoms with Gasteiger partial charge >= 0.3 is 0 Å². The van der Waals surface area contributed by atoms with Crippen LogP contribution in [0.2, 0.25) is 0 Å². The molecule has 4 heterocycles. The first-order valence-corrected chi connectivity index (χ1v) is 9.77. The van der Waals surface area contributed by atoms with Gasteiger partial charge in [-0.1, -0.05) is 6.42 Å². The van der Waals surface area contributed by atoms with E-state index in [1.54, 1.807) is 0 Å². The molecule has 26 heavy (non-hydrogen) atoms. The van der Waals surface area contributed by atoms with Crippen LogP contribution in [0.25, 0.3) is 0 Å². The Labute approximate surface area is 154 Å². The fourth-order valence-electron chi connectivity index (χ4n) is 5.35. The SMILES string of the molecule is CN(C)C[C@H]1[C@H]2C[C@H](CN(C(=O)c3cncc(=O)[nH]3)C2)[C@@H]2CCCCN21. The highest BCUT2D eigenvalue weighted by molar-refractivity contribution is 5.92. The second kappa shape index (κ2) is 7.12. The zero-order valence-corrected chi connectivity index (χ0v) is 15.7. The summed E-state index contributed by atoms with van der Waals surface area (Å²) in [6.45, 7) is 3.80. The lowest BCUT2D eigenvalue weighted by atomic mass is 9.72. The number of aromatic nitrogens is 2. The van der Waals surface area contributed by atoms with Crippen LogP contribution in [0.1, 0.15) is 36.2 Å². The maximum Gasteiger partial charge on any atom is 0.271 e. The molecule has 4 atom stereocenters. The van der Waals surface area contributed by atoms with Crippen molar-refractivity contribution in [1.82, 2.24) is 24.7 Å². The summed E-state index contributed by atoms with van der Waals surface area (Å²) in [6, 6.07) is 1.10. The topological polar surface area (TPSA) is 72.5 Å². The molecule has 3 fully saturated rings. The Balaban J connectivity index is 1.58. The summed E-state index contributed by atoms with van der Waals surface area (Å²) in [6.07, 6.45) is 7.72. The highest BCUT2D eigenvalue weighted by Gasteiger charge is 2.48. The summed E-state index contributed by atoms with van der Waals surface area (Å²) in [4.78, 5) is 38.0. The van der Waals surface area contributed by atoms with Gasteiger partial charge in [0.1, 0.15) is 5.69 Å². The van der Waals surface area contributed by atoms with Crippen LogP contribution in [0.15, 0.2) is 17.2 Å². The van der Waals surface area contributed by atoms with Crippen LogP contribution in [0, 0.1) is 11.8 Å². The Morgan fingerprint density at radius 3 is 2.85 bits per heavy atom. The van der Waals surface area contributed by atoms with E-state index >= 15 is 0 Å². The van der Waals surface area contributed by atoms with Gasteiger partial charge in [0, 0.05) is 31.7 Å². The summed E-state index contributed by atoms with van der Waals surface area (Å²) < 4.78 is 0. The van der Waals surface area contributed by atoms with Crippen molar-refractivity contribution < 1.29 is 4.79 Å². The van der Waals surface area contributed by atoms with Crippen molar-refractivity contribution in [2.75, 3.05) is 40.3 Å². The molecule has 1 aromatic heterocycles. The quantitative estimate of drug-likeness (QED) is 0.858. The number of likely N-dealkylation sites (tertiary alicyclic amines) is 1. The highest BCUT2D eigenvalue weighted by Crippen LogP contribution is 2.41. The molecule has 1 N–H and O–H groups in total. The Bertz CT molecular complexity index is 718. The van der Waals surface area contributed by atoms with E-state index in [-0.39, 0.29) is 11.5 Å². The number of hydrogen-bond acceptors (Lipinski definition) is 5. The van der Waals surface area contributed by atoms with Gasteiger partial charge in [-0.2, -0.15) is 0 Å². The van der Waals surface area contributed by atoms with E-state index < -0.39 is 0 Å². The molecule has 0 unspecified atom stereocenters. The van der Waals surface area contributed by atoms with Gasteiger partial charge in [0.15, 0.2) is 0 Å². The van der Waals surface area contributed by atoms with Crippen LogP contribution in [0.4, 0.5) is 0 Å². The molecule has 0 aliphatic carbocycles. The molecule has 142 valence electrons. The van der Waals surface area contributed by atoms with Gasteiger partial charge < -0.3 is 14.8 Å². The minimum atomic E-state index is -0.322. The molecule has 7 nitrogen and oxygen atoms in total. The molecule has 4 rings (SSSR count). The molecule has 0 aromatic carbocycles. The van der Waals surface area contributed by atoms with Gasteiger partial charge in [0.05, 0.1) is 12.4 Å². The molecule has 7 heteroatoms. The van der Waals surface area contributed by atoms with Crippen LogP contribution < -0.4 is 5.56 Å². The van der Waals surface area contributed by atoms with Crippen LogP contribution >= 0.6 is 0 Å².